The summed E-state index contributed by atoms with van der Waals surface area (Å²) in [4.78, 5) is 31.2. The summed E-state index contributed by atoms with van der Waals surface area (Å²) >= 11 is 0. The second-order valence-corrected chi connectivity index (χ2v) is 9.29. The number of fused-ring (bicyclic) bond motifs is 2. The number of benzene rings is 1. The number of hydrogen-bond donors (Lipinski definition) is 2. The number of halogens is 1. The predicted octanol–water partition coefficient (Wildman–Crippen LogP) is 3.73. The zero-order valence-corrected chi connectivity index (χ0v) is 19.2. The minimum absolute atomic E-state index is 0.149. The summed E-state index contributed by atoms with van der Waals surface area (Å²) in [5, 5.41) is 2.82. The molecular weight excluding hydrogens is 449 g/mol. The third-order valence-corrected chi connectivity index (χ3v) is 7.05. The van der Waals surface area contributed by atoms with Gasteiger partial charge in [0.25, 0.3) is 5.88 Å². The topological polar surface area (TPSA) is 120 Å². The molecular formula is C25H24FN7O2. The van der Waals surface area contributed by atoms with E-state index in [0.29, 0.717) is 46.7 Å². The van der Waals surface area contributed by atoms with E-state index in [1.165, 1.54) is 25.0 Å². The summed E-state index contributed by atoms with van der Waals surface area (Å²) in [5.74, 6) is 0.940. The molecule has 1 saturated carbocycles. The molecule has 10 heteroatoms. The molecule has 0 radical (unpaired) electrons. The summed E-state index contributed by atoms with van der Waals surface area (Å²) in [5.41, 5.74) is 7.35. The fourth-order valence-electron chi connectivity index (χ4n) is 5.06. The van der Waals surface area contributed by atoms with Gasteiger partial charge in [0.1, 0.15) is 28.6 Å². The first-order valence-electron chi connectivity index (χ1n) is 11.7. The number of amides is 1. The maximum absolute atomic E-state index is 13.5. The zero-order valence-electron chi connectivity index (χ0n) is 19.2. The minimum atomic E-state index is -1.15. The van der Waals surface area contributed by atoms with Crippen LogP contribution in [0.2, 0.25) is 0 Å². The number of carbonyl (C=O) groups excluding carboxylic acids is 1. The van der Waals surface area contributed by atoms with E-state index in [2.05, 4.69) is 25.3 Å². The van der Waals surface area contributed by atoms with E-state index in [9.17, 15) is 9.18 Å². The van der Waals surface area contributed by atoms with Crippen LogP contribution < -0.4 is 15.8 Å². The fourth-order valence-corrected chi connectivity index (χ4v) is 5.06. The molecule has 4 heterocycles. The SMILES string of the molecule is CC1(c2ccc(F)cc2)C(=O)Nc2nc(-c3cn4ccnc4c(OCC4CCCC4)n3)nc(N)c21. The number of nitrogens with zero attached hydrogens (tertiary/aromatic N) is 5. The first kappa shape index (κ1) is 21.5. The minimum Gasteiger partial charge on any atom is -0.475 e. The first-order valence-corrected chi connectivity index (χ1v) is 11.7. The summed E-state index contributed by atoms with van der Waals surface area (Å²) in [6, 6.07) is 5.77. The lowest BCUT2D eigenvalue weighted by Gasteiger charge is -2.23. The number of nitrogen functional groups attached to an aromatic ring is 1. The molecule has 1 amide bonds. The average molecular weight is 474 g/mol. The monoisotopic (exact) mass is 473 g/mol. The molecule has 35 heavy (non-hydrogen) atoms. The highest BCUT2D eigenvalue weighted by atomic mass is 19.1. The van der Waals surface area contributed by atoms with Crippen molar-refractivity contribution in [1.82, 2.24) is 24.3 Å². The Labute approximate surface area is 200 Å². The van der Waals surface area contributed by atoms with Crippen LogP contribution in [-0.2, 0) is 10.2 Å². The Kier molecular flexibility index (Phi) is 4.91. The molecule has 1 aliphatic carbocycles. The van der Waals surface area contributed by atoms with Crippen LogP contribution in [0.25, 0.3) is 17.2 Å². The van der Waals surface area contributed by atoms with Gasteiger partial charge in [-0.3, -0.25) is 4.79 Å². The molecule has 1 aromatic carbocycles. The fraction of sp³-hybridized carbons (Fsp3) is 0.320. The molecule has 1 atom stereocenters. The van der Waals surface area contributed by atoms with E-state index in [1.807, 2.05) is 0 Å². The van der Waals surface area contributed by atoms with Gasteiger partial charge in [-0.05, 0) is 43.4 Å². The maximum Gasteiger partial charge on any atom is 0.259 e. The quantitative estimate of drug-likeness (QED) is 0.453. The van der Waals surface area contributed by atoms with Crippen molar-refractivity contribution in [3.63, 3.8) is 0 Å². The Balaban J connectivity index is 1.40. The molecule has 178 valence electrons. The van der Waals surface area contributed by atoms with Crippen molar-refractivity contribution in [2.75, 3.05) is 17.7 Å². The van der Waals surface area contributed by atoms with Crippen molar-refractivity contribution in [3.05, 3.63) is 59.8 Å². The van der Waals surface area contributed by atoms with E-state index >= 15 is 0 Å². The third-order valence-electron chi connectivity index (χ3n) is 7.05. The molecule has 1 fully saturated rings. The van der Waals surface area contributed by atoms with Crippen LogP contribution in [0.15, 0.2) is 42.9 Å². The number of ether oxygens (including phenoxy) is 1. The highest BCUT2D eigenvalue weighted by molar-refractivity contribution is 6.09. The van der Waals surface area contributed by atoms with Gasteiger partial charge in [-0.25, -0.2) is 24.3 Å². The van der Waals surface area contributed by atoms with Crippen LogP contribution in [0.5, 0.6) is 5.88 Å². The Morgan fingerprint density at radius 3 is 2.74 bits per heavy atom. The Hall–Kier alpha value is -4.08. The second kappa shape index (κ2) is 8.00. The largest absolute Gasteiger partial charge is 0.475 e. The van der Waals surface area contributed by atoms with Gasteiger partial charge >= 0.3 is 0 Å². The number of anilines is 2. The van der Waals surface area contributed by atoms with E-state index in [0.717, 1.165) is 12.8 Å². The van der Waals surface area contributed by atoms with Gasteiger partial charge in [0.2, 0.25) is 11.6 Å². The van der Waals surface area contributed by atoms with Crippen molar-refractivity contribution >= 4 is 23.2 Å². The predicted molar refractivity (Wildman–Crippen MR) is 127 cm³/mol. The van der Waals surface area contributed by atoms with Crippen molar-refractivity contribution < 1.29 is 13.9 Å². The smallest absolute Gasteiger partial charge is 0.259 e. The van der Waals surface area contributed by atoms with Gasteiger partial charge in [-0.15, -0.1) is 0 Å². The Morgan fingerprint density at radius 1 is 1.20 bits per heavy atom. The standard InChI is InChI=1S/C25H24FN7O2/c1-25(15-6-8-16(26)9-7-15)18-19(27)30-20(31-21(18)32-24(25)34)17-12-33-11-10-28-22(33)23(29-17)35-13-14-4-2-3-5-14/h6-12,14H,2-5,13H2,1H3,(H3,27,30,31,32,34). The van der Waals surface area contributed by atoms with Crippen LogP contribution in [-0.4, -0.2) is 36.9 Å². The lowest BCUT2D eigenvalue weighted by Crippen LogP contribution is -2.33. The van der Waals surface area contributed by atoms with Gasteiger partial charge in [-0.1, -0.05) is 25.0 Å². The normalized spacial score (nSPS) is 19.8. The van der Waals surface area contributed by atoms with Crippen molar-refractivity contribution in [3.8, 4) is 17.4 Å². The van der Waals surface area contributed by atoms with Gasteiger partial charge in [-0.2, -0.15) is 0 Å². The average Bonchev–Trinajstić information content (AvgIpc) is 3.58. The molecule has 0 saturated heterocycles. The molecule has 1 unspecified atom stereocenters. The highest BCUT2D eigenvalue weighted by Crippen LogP contribution is 2.45. The molecule has 0 spiro atoms. The number of carbonyl (C=O) groups is 1. The van der Waals surface area contributed by atoms with Crippen molar-refractivity contribution in [1.29, 1.82) is 0 Å². The van der Waals surface area contributed by atoms with Crippen LogP contribution in [0.3, 0.4) is 0 Å². The number of hydrogen-bond acceptors (Lipinski definition) is 7. The molecule has 9 nitrogen and oxygen atoms in total. The van der Waals surface area contributed by atoms with Crippen LogP contribution in [0.1, 0.15) is 43.7 Å². The molecule has 3 aromatic heterocycles. The summed E-state index contributed by atoms with van der Waals surface area (Å²) in [6.45, 7) is 2.31. The lowest BCUT2D eigenvalue weighted by molar-refractivity contribution is -0.119. The maximum atomic E-state index is 13.5. The molecule has 1 aliphatic heterocycles. The highest BCUT2D eigenvalue weighted by Gasteiger charge is 2.47. The van der Waals surface area contributed by atoms with E-state index in [4.69, 9.17) is 10.5 Å². The van der Waals surface area contributed by atoms with Crippen LogP contribution >= 0.6 is 0 Å². The Bertz CT molecular complexity index is 1450. The van der Waals surface area contributed by atoms with E-state index in [1.54, 1.807) is 42.0 Å². The number of nitrogens with two attached hydrogens (primary N) is 1. The lowest BCUT2D eigenvalue weighted by atomic mass is 9.78. The number of aromatic nitrogens is 5. The van der Waals surface area contributed by atoms with E-state index < -0.39 is 5.41 Å². The van der Waals surface area contributed by atoms with Crippen LogP contribution in [0.4, 0.5) is 16.0 Å². The molecule has 4 aromatic rings. The zero-order chi connectivity index (χ0) is 24.2. The summed E-state index contributed by atoms with van der Waals surface area (Å²) < 4.78 is 21.4. The number of nitrogens with one attached hydrogen (secondary N) is 1. The van der Waals surface area contributed by atoms with Gasteiger partial charge in [0.05, 0.1) is 12.2 Å². The van der Waals surface area contributed by atoms with Crippen molar-refractivity contribution in [2.24, 2.45) is 5.92 Å². The van der Waals surface area contributed by atoms with E-state index in [-0.39, 0.29) is 23.4 Å². The first-order chi connectivity index (χ1) is 16.9. The van der Waals surface area contributed by atoms with Crippen molar-refractivity contribution in [2.45, 2.75) is 38.0 Å². The summed E-state index contributed by atoms with van der Waals surface area (Å²) in [7, 11) is 0. The molecule has 3 N–H and O–H groups in total. The Morgan fingerprint density at radius 2 is 1.97 bits per heavy atom. The molecule has 6 rings (SSSR count). The van der Waals surface area contributed by atoms with Crippen LogP contribution in [0, 0.1) is 11.7 Å². The summed E-state index contributed by atoms with van der Waals surface area (Å²) in [6.07, 6.45) is 9.99. The van der Waals surface area contributed by atoms with Gasteiger partial charge in [0.15, 0.2) is 5.82 Å². The van der Waals surface area contributed by atoms with Gasteiger partial charge < -0.3 is 20.2 Å². The number of imidazole rings is 1. The molecule has 0 bridgehead atoms. The third kappa shape index (κ3) is 3.48. The van der Waals surface area contributed by atoms with Gasteiger partial charge in [0, 0.05) is 18.6 Å². The second-order valence-electron chi connectivity index (χ2n) is 9.29. The molecule has 2 aliphatic rings. The number of rotatable bonds is 5.